The molecular weight excluding hydrogens is 402 g/mol. The summed E-state index contributed by atoms with van der Waals surface area (Å²) in [4.78, 5) is 17.0. The monoisotopic (exact) mass is 429 g/mol. The zero-order valence-corrected chi connectivity index (χ0v) is 17.7. The van der Waals surface area contributed by atoms with Gasteiger partial charge in [-0.1, -0.05) is 18.2 Å². The third-order valence-corrected chi connectivity index (χ3v) is 8.15. The third kappa shape index (κ3) is 4.91. The molecule has 0 aromatic heterocycles. The average Bonchev–Trinajstić information content (AvgIpc) is 3.17. The lowest BCUT2D eigenvalue weighted by atomic mass is 10.2. The van der Waals surface area contributed by atoms with Gasteiger partial charge in [0.15, 0.2) is 0 Å². The molecule has 10 heteroatoms. The molecule has 0 bridgehead atoms. The third-order valence-electron chi connectivity index (χ3n) is 5.30. The van der Waals surface area contributed by atoms with Gasteiger partial charge < -0.3 is 4.90 Å². The van der Waals surface area contributed by atoms with Gasteiger partial charge in [-0.2, -0.15) is 4.31 Å². The summed E-state index contributed by atoms with van der Waals surface area (Å²) >= 11 is 0. The second kappa shape index (κ2) is 8.48. The number of rotatable bonds is 6. The molecule has 2 aliphatic rings. The molecule has 1 unspecified atom stereocenters. The van der Waals surface area contributed by atoms with Crippen molar-refractivity contribution in [2.24, 2.45) is 0 Å². The first-order chi connectivity index (χ1) is 13.2. The number of sulfonamides is 1. The Bertz CT molecular complexity index is 894. The van der Waals surface area contributed by atoms with Crippen molar-refractivity contribution in [3.63, 3.8) is 0 Å². The maximum atomic E-state index is 13.0. The van der Waals surface area contributed by atoms with Gasteiger partial charge in [-0.25, -0.2) is 16.8 Å². The highest BCUT2D eigenvalue weighted by Crippen LogP contribution is 2.27. The van der Waals surface area contributed by atoms with E-state index in [1.165, 1.54) is 10.6 Å². The fourth-order valence-corrected chi connectivity index (χ4v) is 5.96. The predicted octanol–water partition coefficient (Wildman–Crippen LogP) is 0.0285. The van der Waals surface area contributed by atoms with Gasteiger partial charge in [0.2, 0.25) is 15.9 Å². The molecule has 1 amide bonds. The lowest BCUT2D eigenvalue weighted by Gasteiger charge is -2.37. The van der Waals surface area contributed by atoms with Crippen molar-refractivity contribution in [2.45, 2.75) is 23.8 Å². The Hall–Kier alpha value is -1.49. The molecule has 2 fully saturated rings. The van der Waals surface area contributed by atoms with Crippen molar-refractivity contribution in [1.29, 1.82) is 0 Å². The molecule has 28 heavy (non-hydrogen) atoms. The minimum Gasteiger partial charge on any atom is -0.339 e. The Morgan fingerprint density at radius 2 is 1.64 bits per heavy atom. The van der Waals surface area contributed by atoms with Gasteiger partial charge in [0, 0.05) is 45.5 Å². The van der Waals surface area contributed by atoms with Gasteiger partial charge >= 0.3 is 0 Å². The second-order valence-corrected chi connectivity index (χ2v) is 11.5. The molecular formula is C18H27N3O5S2. The Balaban J connectivity index is 1.63. The summed E-state index contributed by atoms with van der Waals surface area (Å²) < 4.78 is 49.9. The highest BCUT2D eigenvalue weighted by molar-refractivity contribution is 7.90. The molecule has 2 aliphatic heterocycles. The van der Waals surface area contributed by atoms with Gasteiger partial charge in [0.25, 0.3) is 0 Å². The van der Waals surface area contributed by atoms with Crippen LogP contribution in [0.4, 0.5) is 0 Å². The van der Waals surface area contributed by atoms with Crippen molar-refractivity contribution in [3.8, 4) is 0 Å². The van der Waals surface area contributed by atoms with Crippen LogP contribution in [0.1, 0.15) is 12.8 Å². The zero-order chi connectivity index (χ0) is 20.4. The SMILES string of the molecule is CS(=O)(=O)CCN1CCN(C(=O)C2CCCN2S(=O)(=O)c2ccccc2)CC1. The summed E-state index contributed by atoms with van der Waals surface area (Å²) in [7, 11) is -6.71. The van der Waals surface area contributed by atoms with E-state index in [9.17, 15) is 21.6 Å². The largest absolute Gasteiger partial charge is 0.339 e. The first kappa shape index (κ1) is 21.2. The summed E-state index contributed by atoms with van der Waals surface area (Å²) in [5.41, 5.74) is 0. The first-order valence-electron chi connectivity index (χ1n) is 9.44. The Kier molecular flexibility index (Phi) is 6.43. The Morgan fingerprint density at radius 1 is 1.00 bits per heavy atom. The molecule has 0 aliphatic carbocycles. The van der Waals surface area contributed by atoms with Crippen LogP contribution >= 0.6 is 0 Å². The molecule has 2 heterocycles. The lowest BCUT2D eigenvalue weighted by Crippen LogP contribution is -2.54. The van der Waals surface area contributed by atoms with Crippen molar-refractivity contribution < 1.29 is 21.6 Å². The number of hydrogen-bond acceptors (Lipinski definition) is 6. The van der Waals surface area contributed by atoms with Crippen LogP contribution in [0.3, 0.4) is 0 Å². The summed E-state index contributed by atoms with van der Waals surface area (Å²) in [5, 5.41) is 0. The van der Waals surface area contributed by atoms with Crippen molar-refractivity contribution in [3.05, 3.63) is 30.3 Å². The lowest BCUT2D eigenvalue weighted by molar-refractivity contribution is -0.136. The number of benzene rings is 1. The fourth-order valence-electron chi connectivity index (χ4n) is 3.70. The Labute approximate surface area is 167 Å². The van der Waals surface area contributed by atoms with Crippen molar-refractivity contribution in [2.75, 3.05) is 51.3 Å². The topological polar surface area (TPSA) is 95.1 Å². The fraction of sp³-hybridized carbons (Fsp3) is 0.611. The van der Waals surface area contributed by atoms with E-state index in [4.69, 9.17) is 0 Å². The maximum Gasteiger partial charge on any atom is 0.243 e. The predicted molar refractivity (Wildman–Crippen MR) is 106 cm³/mol. The van der Waals surface area contributed by atoms with Crippen LogP contribution in [0.25, 0.3) is 0 Å². The number of sulfone groups is 1. The maximum absolute atomic E-state index is 13.0. The summed E-state index contributed by atoms with van der Waals surface area (Å²) in [6.45, 7) is 2.97. The van der Waals surface area contributed by atoms with Crippen LogP contribution in [0.2, 0.25) is 0 Å². The average molecular weight is 430 g/mol. The second-order valence-electron chi connectivity index (χ2n) is 7.38. The van der Waals surface area contributed by atoms with Crippen LogP contribution in [0, 0.1) is 0 Å². The van der Waals surface area contributed by atoms with Gasteiger partial charge in [-0.15, -0.1) is 0 Å². The minimum atomic E-state index is -3.70. The number of piperazine rings is 1. The van der Waals surface area contributed by atoms with Gasteiger partial charge in [0.1, 0.15) is 15.9 Å². The van der Waals surface area contributed by atoms with E-state index in [2.05, 4.69) is 0 Å². The number of carbonyl (C=O) groups excluding carboxylic acids is 1. The minimum absolute atomic E-state index is 0.104. The van der Waals surface area contributed by atoms with E-state index in [-0.39, 0.29) is 16.6 Å². The van der Waals surface area contributed by atoms with Gasteiger partial charge in [-0.3, -0.25) is 9.69 Å². The summed E-state index contributed by atoms with van der Waals surface area (Å²) in [6.07, 6.45) is 2.41. The molecule has 1 atom stereocenters. The molecule has 156 valence electrons. The number of hydrogen-bond donors (Lipinski definition) is 0. The van der Waals surface area contributed by atoms with Crippen LogP contribution in [0.15, 0.2) is 35.2 Å². The molecule has 1 aromatic carbocycles. The van der Waals surface area contributed by atoms with E-state index >= 15 is 0 Å². The highest BCUT2D eigenvalue weighted by Gasteiger charge is 2.41. The molecule has 0 radical (unpaired) electrons. The molecule has 1 aromatic rings. The van der Waals surface area contributed by atoms with E-state index in [0.717, 1.165) is 0 Å². The first-order valence-corrected chi connectivity index (χ1v) is 12.9. The Morgan fingerprint density at radius 3 is 2.25 bits per heavy atom. The normalized spacial score (nSPS) is 22.5. The van der Waals surface area contributed by atoms with Gasteiger partial charge in [0.05, 0.1) is 10.6 Å². The van der Waals surface area contributed by atoms with Gasteiger partial charge in [-0.05, 0) is 25.0 Å². The molecule has 8 nitrogen and oxygen atoms in total. The zero-order valence-electron chi connectivity index (χ0n) is 16.0. The van der Waals surface area contributed by atoms with E-state index in [0.29, 0.717) is 52.1 Å². The summed E-state index contributed by atoms with van der Waals surface area (Å²) in [6, 6.07) is 7.55. The highest BCUT2D eigenvalue weighted by atomic mass is 32.2. The van der Waals surface area contributed by atoms with E-state index in [1.54, 1.807) is 35.2 Å². The van der Waals surface area contributed by atoms with E-state index in [1.807, 2.05) is 4.90 Å². The molecule has 0 N–H and O–H groups in total. The summed E-state index contributed by atoms with van der Waals surface area (Å²) in [5.74, 6) is -0.0492. The molecule has 0 saturated carbocycles. The molecule has 2 saturated heterocycles. The molecule has 3 rings (SSSR count). The quantitative estimate of drug-likeness (QED) is 0.633. The van der Waals surface area contributed by atoms with E-state index < -0.39 is 25.9 Å². The van der Waals surface area contributed by atoms with Crippen LogP contribution in [-0.4, -0.2) is 94.2 Å². The van der Waals surface area contributed by atoms with Crippen LogP contribution in [-0.2, 0) is 24.7 Å². The van der Waals surface area contributed by atoms with Crippen LogP contribution < -0.4 is 0 Å². The molecule has 0 spiro atoms. The van der Waals surface area contributed by atoms with Crippen LogP contribution in [0.5, 0.6) is 0 Å². The smallest absolute Gasteiger partial charge is 0.243 e. The van der Waals surface area contributed by atoms with Crippen molar-refractivity contribution in [1.82, 2.24) is 14.1 Å². The van der Waals surface area contributed by atoms with Crippen molar-refractivity contribution >= 4 is 25.8 Å². The number of carbonyl (C=O) groups is 1. The standard InChI is InChI=1S/C18H27N3O5S2/c1-27(23,24)15-14-19-10-12-20(13-11-19)18(22)17-8-5-9-21(17)28(25,26)16-6-3-2-4-7-16/h2-4,6-7,17H,5,8-15H2,1H3. The number of nitrogens with zero attached hydrogens (tertiary/aromatic N) is 3. The number of amides is 1.